The number of esters is 2. The number of carbonyl (C=O) groups is 4. The Hall–Kier alpha value is -4.77. The second-order valence-corrected chi connectivity index (χ2v) is 14.2. The number of nitrogens with zero attached hydrogens (tertiary/aromatic N) is 3. The number of aliphatic hydroxyl groups is 1. The fourth-order valence-corrected chi connectivity index (χ4v) is 4.28. The molecular weight excluding hydrogens is 638 g/mol. The third-order valence-electron chi connectivity index (χ3n) is 6.49. The first-order valence-corrected chi connectivity index (χ1v) is 16.4. The van der Waals surface area contributed by atoms with E-state index in [2.05, 4.69) is 25.9 Å². The van der Waals surface area contributed by atoms with Crippen molar-refractivity contribution in [2.24, 2.45) is 5.10 Å². The van der Waals surface area contributed by atoms with E-state index >= 15 is 0 Å². The molecule has 0 aliphatic heterocycles. The van der Waals surface area contributed by atoms with Crippen molar-refractivity contribution in [2.75, 3.05) is 19.2 Å². The van der Waals surface area contributed by atoms with Crippen LogP contribution in [-0.4, -0.2) is 65.6 Å². The predicted octanol–water partition coefficient (Wildman–Crippen LogP) is 8.17. The van der Waals surface area contributed by atoms with Gasteiger partial charge in [-0.1, -0.05) is 58.9 Å². The van der Waals surface area contributed by atoms with Crippen molar-refractivity contribution < 1.29 is 38.5 Å². The van der Waals surface area contributed by atoms with Crippen molar-refractivity contribution in [1.82, 2.24) is 4.57 Å². The molecule has 0 aliphatic carbocycles. The Morgan fingerprint density at radius 1 is 0.940 bits per heavy atom. The summed E-state index contributed by atoms with van der Waals surface area (Å²) < 4.78 is 16.9. The molecule has 11 heteroatoms. The monoisotopic (exact) mass is 693 g/mol. The predicted molar refractivity (Wildman–Crippen MR) is 198 cm³/mol. The van der Waals surface area contributed by atoms with Crippen LogP contribution in [0, 0.1) is 0 Å². The Labute approximate surface area is 297 Å². The molecule has 2 aromatic carbocycles. The van der Waals surface area contributed by atoms with Crippen LogP contribution in [0.1, 0.15) is 121 Å². The van der Waals surface area contributed by atoms with Crippen LogP contribution in [0.3, 0.4) is 0 Å². The molecule has 0 amide bonds. The third kappa shape index (κ3) is 13.6. The molecule has 1 N–H and O–H groups in total. The van der Waals surface area contributed by atoms with Gasteiger partial charge in [-0.15, -0.1) is 0 Å². The van der Waals surface area contributed by atoms with Crippen LogP contribution in [0.5, 0.6) is 0 Å². The topological polar surface area (TPSA) is 137 Å². The molecule has 3 aromatic rings. The molecule has 1 aromatic heterocycles. The maximum atomic E-state index is 13.0. The molecule has 1 heterocycles. The zero-order valence-corrected chi connectivity index (χ0v) is 32.1. The highest BCUT2D eigenvalue weighted by Gasteiger charge is 2.26. The number of hydrogen-bond acceptors (Lipinski definition) is 10. The van der Waals surface area contributed by atoms with E-state index in [4.69, 9.17) is 19.3 Å². The Morgan fingerprint density at radius 2 is 1.54 bits per heavy atom. The summed E-state index contributed by atoms with van der Waals surface area (Å²) in [7, 11) is 2.95. The van der Waals surface area contributed by atoms with E-state index in [1.54, 1.807) is 84.1 Å². The Morgan fingerprint density at radius 3 is 2.04 bits per heavy atom. The highest BCUT2D eigenvalue weighted by molar-refractivity contribution is 5.95. The van der Waals surface area contributed by atoms with Crippen molar-refractivity contribution in [1.29, 1.82) is 0 Å². The zero-order chi connectivity index (χ0) is 38.6. The number of aldehydes is 1. The number of carbonyl (C=O) groups excluding carboxylic acids is 4. The Balaban J connectivity index is 0.00000163. The van der Waals surface area contributed by atoms with Crippen LogP contribution in [0.2, 0.25) is 0 Å². The smallest absolute Gasteiger partial charge is 0.419 e. The molecule has 0 unspecified atom stereocenters. The average Bonchev–Trinajstić information content (AvgIpc) is 3.46. The van der Waals surface area contributed by atoms with Crippen LogP contribution in [-0.2, 0) is 31.0 Å². The summed E-state index contributed by atoms with van der Waals surface area (Å²) in [6, 6.07) is 12.5. The third-order valence-corrected chi connectivity index (χ3v) is 6.49. The highest BCUT2D eigenvalue weighted by atomic mass is 16.6. The largest absolute Gasteiger partial charge is 0.464 e. The molecule has 274 valence electrons. The van der Waals surface area contributed by atoms with Gasteiger partial charge in [0, 0.05) is 42.4 Å². The van der Waals surface area contributed by atoms with E-state index in [-0.39, 0.29) is 17.7 Å². The maximum absolute atomic E-state index is 13.0. The first-order chi connectivity index (χ1) is 23.1. The van der Waals surface area contributed by atoms with Gasteiger partial charge in [-0.3, -0.25) is 14.6 Å². The quantitative estimate of drug-likeness (QED) is 0.0814. The van der Waals surface area contributed by atoms with Gasteiger partial charge in [0.25, 0.3) is 0 Å². The molecule has 3 rings (SSSR count). The van der Waals surface area contributed by atoms with Crippen molar-refractivity contribution in [2.45, 2.75) is 106 Å². The number of hydrazone groups is 1. The number of aromatic nitrogens is 1. The second kappa shape index (κ2) is 18.3. The number of hydrogen-bond donors (Lipinski definition) is 1. The number of benzene rings is 2. The zero-order valence-electron chi connectivity index (χ0n) is 32.1. The summed E-state index contributed by atoms with van der Waals surface area (Å²) >= 11 is 0. The van der Waals surface area contributed by atoms with E-state index in [1.807, 2.05) is 26.0 Å². The number of methoxy groups -OCH3 is 1. The average molecular weight is 694 g/mol. The van der Waals surface area contributed by atoms with Crippen LogP contribution >= 0.6 is 0 Å². The normalized spacial score (nSPS) is 11.4. The van der Waals surface area contributed by atoms with Crippen LogP contribution in [0.15, 0.2) is 53.8 Å². The summed E-state index contributed by atoms with van der Waals surface area (Å²) in [5, 5.41) is 14.7. The van der Waals surface area contributed by atoms with Gasteiger partial charge in [-0.25, -0.2) is 14.2 Å². The summed E-state index contributed by atoms with van der Waals surface area (Å²) in [6.07, 6.45) is 3.13. The summed E-state index contributed by atoms with van der Waals surface area (Å²) in [4.78, 5) is 49.2. The van der Waals surface area contributed by atoms with Crippen LogP contribution in [0.4, 0.5) is 10.5 Å². The molecular formula is C39H55N3O8. The van der Waals surface area contributed by atoms with Gasteiger partial charge in [0.05, 0.1) is 24.6 Å². The lowest BCUT2D eigenvalue weighted by Crippen LogP contribution is -2.28. The second-order valence-electron chi connectivity index (χ2n) is 14.2. The summed E-state index contributed by atoms with van der Waals surface area (Å²) in [6.45, 7) is 21.9. The Kier molecular flexibility index (Phi) is 15.8. The molecule has 0 radical (unpaired) electrons. The Bertz CT molecular complexity index is 1640. The minimum absolute atomic E-state index is 0.0258. The first-order valence-electron chi connectivity index (χ1n) is 16.4. The molecule has 0 saturated carbocycles. The van der Waals surface area contributed by atoms with Gasteiger partial charge >= 0.3 is 18.0 Å². The lowest BCUT2D eigenvalue weighted by molar-refractivity contribution is -0.142. The van der Waals surface area contributed by atoms with Gasteiger partial charge in [0.15, 0.2) is 6.29 Å². The van der Waals surface area contributed by atoms with E-state index in [1.165, 1.54) is 26.3 Å². The minimum Gasteiger partial charge on any atom is -0.464 e. The lowest BCUT2D eigenvalue weighted by atomic mass is 9.85. The first kappa shape index (κ1) is 43.3. The number of rotatable bonds is 8. The van der Waals surface area contributed by atoms with Crippen molar-refractivity contribution in [3.8, 4) is 11.1 Å². The van der Waals surface area contributed by atoms with Gasteiger partial charge in [0.2, 0.25) is 0 Å². The van der Waals surface area contributed by atoms with Gasteiger partial charge in [-0.05, 0) is 76.3 Å². The molecule has 0 aliphatic rings. The van der Waals surface area contributed by atoms with Gasteiger partial charge in [0.1, 0.15) is 17.9 Å². The van der Waals surface area contributed by atoms with Gasteiger partial charge < -0.3 is 19.3 Å². The summed E-state index contributed by atoms with van der Waals surface area (Å²) in [5.74, 6) is -1.21. The number of ether oxygens (including phenoxy) is 3. The molecule has 50 heavy (non-hydrogen) atoms. The molecule has 0 atom stereocenters. The summed E-state index contributed by atoms with van der Waals surface area (Å²) in [5.41, 5.74) is 3.02. The van der Waals surface area contributed by atoms with Crippen LogP contribution in [0.25, 0.3) is 11.1 Å². The fourth-order valence-electron chi connectivity index (χ4n) is 4.28. The molecule has 0 saturated heterocycles. The number of anilines is 1. The molecule has 0 fully saturated rings. The van der Waals surface area contributed by atoms with E-state index < -0.39 is 29.2 Å². The van der Waals surface area contributed by atoms with Crippen molar-refractivity contribution in [3.63, 3.8) is 0 Å². The maximum Gasteiger partial charge on any atom is 0.419 e. The van der Waals surface area contributed by atoms with E-state index in [0.29, 0.717) is 33.5 Å². The standard InChI is InChI=1S/C33H39N3O7.C4H10O.C2H6/c1-21(38)42-20-27-26(24-16-29(30(39)41-9)36(18-24)31(40)43-33(5,6)7)11-10-12-28(27)35(8)34-17-23-15-25(32(2,3)4)14-13-22(23)19-37;1-4(2,3)5;1-2/h10-19H,20H2,1-9H3;5H,1-3H3;1-2H3/b34-17-;;. The van der Waals surface area contributed by atoms with Gasteiger partial charge in [-0.2, -0.15) is 5.10 Å². The highest BCUT2D eigenvalue weighted by Crippen LogP contribution is 2.34. The molecule has 0 spiro atoms. The molecule has 0 bridgehead atoms. The van der Waals surface area contributed by atoms with Crippen molar-refractivity contribution in [3.05, 3.63) is 76.6 Å². The van der Waals surface area contributed by atoms with Crippen LogP contribution < -0.4 is 5.01 Å². The lowest BCUT2D eigenvalue weighted by Gasteiger charge is -2.21. The molecule has 11 nitrogen and oxygen atoms in total. The fraction of sp³-hybridized carbons (Fsp3) is 0.462. The van der Waals surface area contributed by atoms with Crippen molar-refractivity contribution >= 4 is 36.2 Å². The minimum atomic E-state index is -0.799. The SMILES string of the molecule is CC.CC(C)(C)O.COC(=O)c1cc(-c2cccc(N(C)/N=C\c3cc(C(C)(C)C)ccc3C=O)c2COC(C)=O)cn1C(=O)OC(C)(C)C. The van der Waals surface area contributed by atoms with E-state index in [9.17, 15) is 19.2 Å². The van der Waals surface area contributed by atoms with E-state index in [0.717, 1.165) is 16.4 Å².